The molecule has 2 aromatic carbocycles. The Hall–Kier alpha value is -3.02. The summed E-state index contributed by atoms with van der Waals surface area (Å²) in [6, 6.07) is 11.3. The van der Waals surface area contributed by atoms with Crippen LogP contribution in [0.4, 0.5) is 0 Å². The average Bonchev–Trinajstić information content (AvgIpc) is 2.69. The van der Waals surface area contributed by atoms with E-state index in [4.69, 9.17) is 18.9 Å². The highest BCUT2D eigenvalue weighted by Gasteiger charge is 2.17. The number of carbonyl (C=O) groups is 2. The molecule has 0 saturated carbocycles. The van der Waals surface area contributed by atoms with Gasteiger partial charge < -0.3 is 18.9 Å². The second-order valence-corrected chi connectivity index (χ2v) is 7.52. The highest BCUT2D eigenvalue weighted by Crippen LogP contribution is 2.32. The van der Waals surface area contributed by atoms with Crippen LogP contribution in [-0.4, -0.2) is 26.2 Å². The minimum Gasteiger partial charge on any atom is -0.493 e. The number of benzene rings is 2. The number of esters is 2. The lowest BCUT2D eigenvalue weighted by molar-refractivity contribution is -0.132. The first-order valence-corrected chi connectivity index (χ1v) is 9.94. The highest BCUT2D eigenvalue weighted by molar-refractivity contribution is 5.71. The fourth-order valence-electron chi connectivity index (χ4n) is 3.30. The fourth-order valence-corrected chi connectivity index (χ4v) is 3.30. The van der Waals surface area contributed by atoms with Crippen molar-refractivity contribution in [2.24, 2.45) is 11.8 Å². The van der Waals surface area contributed by atoms with Gasteiger partial charge in [-0.2, -0.15) is 0 Å². The molecule has 162 valence electrons. The molecule has 0 aliphatic carbocycles. The van der Waals surface area contributed by atoms with Crippen LogP contribution < -0.4 is 18.9 Å². The van der Waals surface area contributed by atoms with Gasteiger partial charge in [0.1, 0.15) is 0 Å². The van der Waals surface area contributed by atoms with Gasteiger partial charge in [0.2, 0.25) is 0 Å². The quantitative estimate of drug-likeness (QED) is 0.441. The van der Waals surface area contributed by atoms with Gasteiger partial charge in [0, 0.05) is 13.8 Å². The Morgan fingerprint density at radius 2 is 1.07 bits per heavy atom. The molecule has 0 aliphatic heterocycles. The largest absolute Gasteiger partial charge is 0.493 e. The molecular weight excluding hydrogens is 384 g/mol. The maximum absolute atomic E-state index is 11.2. The van der Waals surface area contributed by atoms with E-state index in [0.717, 1.165) is 24.0 Å². The van der Waals surface area contributed by atoms with Crippen LogP contribution in [0.3, 0.4) is 0 Å². The molecule has 2 unspecified atom stereocenters. The Balaban J connectivity index is 2.06. The number of methoxy groups -OCH3 is 2. The average molecular weight is 414 g/mol. The van der Waals surface area contributed by atoms with E-state index < -0.39 is 0 Å². The van der Waals surface area contributed by atoms with E-state index in [2.05, 4.69) is 13.8 Å². The number of ether oxygens (including phenoxy) is 4. The first-order valence-electron chi connectivity index (χ1n) is 9.94. The molecule has 2 rings (SSSR count). The highest BCUT2D eigenvalue weighted by atomic mass is 16.6. The molecule has 0 heterocycles. The van der Waals surface area contributed by atoms with E-state index in [9.17, 15) is 9.59 Å². The number of rotatable bonds is 9. The first kappa shape index (κ1) is 23.3. The van der Waals surface area contributed by atoms with Crippen molar-refractivity contribution in [1.29, 1.82) is 0 Å². The molecule has 0 aliphatic rings. The second kappa shape index (κ2) is 10.7. The predicted octanol–water partition coefficient (Wildman–Crippen LogP) is 4.61. The molecule has 0 saturated heterocycles. The maximum Gasteiger partial charge on any atom is 0.308 e. The first-order chi connectivity index (χ1) is 14.2. The monoisotopic (exact) mass is 414 g/mol. The Labute approximate surface area is 178 Å². The number of carbonyl (C=O) groups excluding carboxylic acids is 2. The Kier molecular flexibility index (Phi) is 8.27. The lowest BCUT2D eigenvalue weighted by Crippen LogP contribution is -2.14. The van der Waals surface area contributed by atoms with Crippen LogP contribution in [-0.2, 0) is 22.4 Å². The molecule has 0 spiro atoms. The summed E-state index contributed by atoms with van der Waals surface area (Å²) in [6.45, 7) is 7.15. The van der Waals surface area contributed by atoms with Crippen molar-refractivity contribution in [2.45, 2.75) is 40.5 Å². The molecule has 0 fully saturated rings. The molecule has 0 bridgehead atoms. The summed E-state index contributed by atoms with van der Waals surface area (Å²) in [6.07, 6.45) is 1.72. The van der Waals surface area contributed by atoms with Crippen molar-refractivity contribution in [1.82, 2.24) is 0 Å². The summed E-state index contributed by atoms with van der Waals surface area (Å²) < 4.78 is 21.1. The summed E-state index contributed by atoms with van der Waals surface area (Å²) in [5, 5.41) is 0. The lowest BCUT2D eigenvalue weighted by Gasteiger charge is -2.21. The van der Waals surface area contributed by atoms with Crippen molar-refractivity contribution in [3.05, 3.63) is 47.5 Å². The molecule has 0 N–H and O–H groups in total. The Bertz CT molecular complexity index is 816. The van der Waals surface area contributed by atoms with Gasteiger partial charge in [0.05, 0.1) is 14.2 Å². The van der Waals surface area contributed by atoms with Gasteiger partial charge in [-0.3, -0.25) is 9.59 Å². The normalized spacial score (nSPS) is 12.6. The SMILES string of the molecule is COc1cc(CC(C)C(C)Cc2ccc(OC(C)=O)c(OC)c2)ccc1OC(C)=O. The predicted molar refractivity (Wildman–Crippen MR) is 114 cm³/mol. The van der Waals surface area contributed by atoms with Crippen LogP contribution in [0.2, 0.25) is 0 Å². The van der Waals surface area contributed by atoms with Crippen LogP contribution in [0.25, 0.3) is 0 Å². The van der Waals surface area contributed by atoms with Crippen molar-refractivity contribution in [3.8, 4) is 23.0 Å². The zero-order chi connectivity index (χ0) is 22.3. The van der Waals surface area contributed by atoms with Gasteiger partial charge in [0.15, 0.2) is 23.0 Å². The third-order valence-electron chi connectivity index (χ3n) is 5.05. The van der Waals surface area contributed by atoms with Gasteiger partial charge in [-0.1, -0.05) is 26.0 Å². The molecule has 6 heteroatoms. The van der Waals surface area contributed by atoms with E-state index in [1.165, 1.54) is 13.8 Å². The Morgan fingerprint density at radius 3 is 1.37 bits per heavy atom. The minimum absolute atomic E-state index is 0.377. The van der Waals surface area contributed by atoms with E-state index in [1.807, 2.05) is 24.3 Å². The van der Waals surface area contributed by atoms with E-state index in [0.29, 0.717) is 34.8 Å². The summed E-state index contributed by atoms with van der Waals surface area (Å²) >= 11 is 0. The molecule has 0 aromatic heterocycles. The summed E-state index contributed by atoms with van der Waals surface area (Å²) in [4.78, 5) is 22.4. The number of hydrogen-bond acceptors (Lipinski definition) is 6. The summed E-state index contributed by atoms with van der Waals surface area (Å²) in [7, 11) is 3.12. The Morgan fingerprint density at radius 1 is 0.700 bits per heavy atom. The third kappa shape index (κ3) is 6.51. The van der Waals surface area contributed by atoms with Crippen LogP contribution in [0.5, 0.6) is 23.0 Å². The van der Waals surface area contributed by atoms with Crippen molar-refractivity contribution >= 4 is 11.9 Å². The van der Waals surface area contributed by atoms with E-state index in [1.54, 1.807) is 26.4 Å². The van der Waals surface area contributed by atoms with Crippen molar-refractivity contribution in [2.75, 3.05) is 14.2 Å². The minimum atomic E-state index is -0.377. The van der Waals surface area contributed by atoms with Gasteiger partial charge in [0.25, 0.3) is 0 Å². The second-order valence-electron chi connectivity index (χ2n) is 7.52. The standard InChI is InChI=1S/C24H30O6/c1-15(11-19-7-9-21(29-17(3)25)23(13-19)27-5)16(2)12-20-8-10-22(30-18(4)26)24(14-20)28-6/h7-10,13-16H,11-12H2,1-6H3. The molecule has 2 atom stereocenters. The summed E-state index contributed by atoms with van der Waals surface area (Å²) in [5.74, 6) is 1.99. The fraction of sp³-hybridized carbons (Fsp3) is 0.417. The van der Waals surface area contributed by atoms with E-state index in [-0.39, 0.29) is 11.9 Å². The molecule has 0 amide bonds. The smallest absolute Gasteiger partial charge is 0.308 e. The van der Waals surface area contributed by atoms with Crippen molar-refractivity contribution < 1.29 is 28.5 Å². The topological polar surface area (TPSA) is 71.1 Å². The number of hydrogen-bond donors (Lipinski definition) is 0. The molecule has 6 nitrogen and oxygen atoms in total. The van der Waals surface area contributed by atoms with Crippen LogP contribution in [0.1, 0.15) is 38.8 Å². The molecule has 30 heavy (non-hydrogen) atoms. The van der Waals surface area contributed by atoms with E-state index >= 15 is 0 Å². The van der Waals surface area contributed by atoms with Crippen LogP contribution >= 0.6 is 0 Å². The van der Waals surface area contributed by atoms with Crippen LogP contribution in [0, 0.1) is 11.8 Å². The van der Waals surface area contributed by atoms with Crippen LogP contribution in [0.15, 0.2) is 36.4 Å². The zero-order valence-electron chi connectivity index (χ0n) is 18.5. The van der Waals surface area contributed by atoms with Crippen molar-refractivity contribution in [3.63, 3.8) is 0 Å². The lowest BCUT2D eigenvalue weighted by atomic mass is 9.85. The van der Waals surface area contributed by atoms with Gasteiger partial charge in [-0.15, -0.1) is 0 Å². The van der Waals surface area contributed by atoms with Gasteiger partial charge in [-0.25, -0.2) is 0 Å². The maximum atomic E-state index is 11.2. The third-order valence-corrected chi connectivity index (χ3v) is 5.05. The molecule has 2 aromatic rings. The molecular formula is C24H30O6. The van der Waals surface area contributed by atoms with Gasteiger partial charge >= 0.3 is 11.9 Å². The van der Waals surface area contributed by atoms with Gasteiger partial charge in [-0.05, 0) is 60.1 Å². The molecule has 0 radical (unpaired) electrons. The zero-order valence-corrected chi connectivity index (χ0v) is 18.5. The summed E-state index contributed by atoms with van der Waals surface area (Å²) in [5.41, 5.74) is 2.23.